The largest absolute Gasteiger partial charge is 0.339 e. The van der Waals surface area contributed by atoms with Gasteiger partial charge in [-0.15, -0.1) is 0 Å². The number of amides is 1. The van der Waals surface area contributed by atoms with Gasteiger partial charge in [-0.25, -0.2) is 8.78 Å². The normalized spacial score (nSPS) is 15.9. The van der Waals surface area contributed by atoms with E-state index in [1.165, 1.54) is 0 Å². The number of halogens is 2. The summed E-state index contributed by atoms with van der Waals surface area (Å²) in [5, 5.41) is 6.98. The van der Waals surface area contributed by atoms with Crippen molar-refractivity contribution in [3.63, 3.8) is 0 Å². The van der Waals surface area contributed by atoms with E-state index in [1.807, 2.05) is 11.6 Å². The first-order valence-corrected chi connectivity index (χ1v) is 7.74. The fraction of sp³-hybridized carbons (Fsp3) is 0.400. The standard InChI is InChI=1S/C15H16F2N4OS/c1-20-13(18-19-15(20)23)9-4-6-21(7-5-9)14(22)11-8-10(16)2-3-12(11)17/h2-3,8-9H,4-7H2,1H3,(H,19,23). The maximum Gasteiger partial charge on any atom is 0.256 e. The summed E-state index contributed by atoms with van der Waals surface area (Å²) in [6.45, 7) is 0.943. The molecule has 1 N–H and O–H groups in total. The van der Waals surface area contributed by atoms with Crippen molar-refractivity contribution in [2.45, 2.75) is 18.8 Å². The zero-order valence-electron chi connectivity index (χ0n) is 12.6. The zero-order chi connectivity index (χ0) is 16.6. The molecule has 0 unspecified atom stereocenters. The van der Waals surface area contributed by atoms with Crippen LogP contribution in [0.15, 0.2) is 18.2 Å². The molecule has 1 fully saturated rings. The minimum atomic E-state index is -0.701. The summed E-state index contributed by atoms with van der Waals surface area (Å²) in [5.74, 6) is -0.747. The van der Waals surface area contributed by atoms with Crippen molar-refractivity contribution in [2.24, 2.45) is 7.05 Å². The van der Waals surface area contributed by atoms with E-state index in [1.54, 1.807) is 4.90 Å². The average Bonchev–Trinajstić information content (AvgIpc) is 2.89. The van der Waals surface area contributed by atoms with Gasteiger partial charge in [-0.05, 0) is 43.3 Å². The van der Waals surface area contributed by atoms with Crippen molar-refractivity contribution in [1.82, 2.24) is 19.7 Å². The van der Waals surface area contributed by atoms with Crippen molar-refractivity contribution < 1.29 is 13.6 Å². The third-order valence-corrected chi connectivity index (χ3v) is 4.59. The van der Waals surface area contributed by atoms with E-state index in [0.29, 0.717) is 30.7 Å². The van der Waals surface area contributed by atoms with Crippen LogP contribution in [0.4, 0.5) is 8.78 Å². The summed E-state index contributed by atoms with van der Waals surface area (Å²) in [7, 11) is 1.85. The number of carbonyl (C=O) groups is 1. The number of benzene rings is 1. The lowest BCUT2D eigenvalue weighted by Crippen LogP contribution is -2.38. The maximum atomic E-state index is 13.7. The maximum absolute atomic E-state index is 13.7. The summed E-state index contributed by atoms with van der Waals surface area (Å²) < 4.78 is 29.4. The second-order valence-corrected chi connectivity index (χ2v) is 6.02. The van der Waals surface area contributed by atoms with Crippen LogP contribution in [0.3, 0.4) is 0 Å². The topological polar surface area (TPSA) is 53.9 Å². The number of hydrogen-bond acceptors (Lipinski definition) is 3. The first-order chi connectivity index (χ1) is 11.0. The van der Waals surface area contributed by atoms with Crippen molar-refractivity contribution in [2.75, 3.05) is 13.1 Å². The lowest BCUT2D eigenvalue weighted by molar-refractivity contribution is 0.0705. The summed E-state index contributed by atoms with van der Waals surface area (Å²) in [4.78, 5) is 13.9. The minimum Gasteiger partial charge on any atom is -0.339 e. The summed E-state index contributed by atoms with van der Waals surface area (Å²) in [6, 6.07) is 2.92. The summed E-state index contributed by atoms with van der Waals surface area (Å²) in [5.41, 5.74) is -0.221. The Bertz CT molecular complexity index is 793. The molecule has 0 aliphatic carbocycles. The number of aromatic amines is 1. The van der Waals surface area contributed by atoms with Crippen LogP contribution < -0.4 is 0 Å². The average molecular weight is 338 g/mol. The summed E-state index contributed by atoms with van der Waals surface area (Å²) in [6.07, 6.45) is 1.41. The molecule has 2 heterocycles. The third kappa shape index (κ3) is 3.03. The number of aromatic nitrogens is 3. The van der Waals surface area contributed by atoms with Gasteiger partial charge in [0.1, 0.15) is 17.5 Å². The number of nitrogens with one attached hydrogen (secondary N) is 1. The van der Waals surface area contributed by atoms with E-state index < -0.39 is 17.5 Å². The predicted molar refractivity (Wildman–Crippen MR) is 82.6 cm³/mol. The molecule has 0 bridgehead atoms. The van der Waals surface area contributed by atoms with Crippen molar-refractivity contribution in [3.8, 4) is 0 Å². The number of carbonyl (C=O) groups excluding carboxylic acids is 1. The first kappa shape index (κ1) is 15.8. The second kappa shape index (κ2) is 6.19. The predicted octanol–water partition coefficient (Wildman–Crippen LogP) is 2.78. The van der Waals surface area contributed by atoms with E-state index in [4.69, 9.17) is 12.2 Å². The molecule has 1 aliphatic rings. The van der Waals surface area contributed by atoms with Crippen LogP contribution in [0, 0.1) is 16.4 Å². The first-order valence-electron chi connectivity index (χ1n) is 7.33. The van der Waals surface area contributed by atoms with Crippen LogP contribution >= 0.6 is 12.2 Å². The molecule has 5 nitrogen and oxygen atoms in total. The molecule has 23 heavy (non-hydrogen) atoms. The van der Waals surface area contributed by atoms with Gasteiger partial charge in [0, 0.05) is 26.1 Å². The Morgan fingerprint density at radius 2 is 2.04 bits per heavy atom. The molecule has 122 valence electrons. The highest BCUT2D eigenvalue weighted by molar-refractivity contribution is 7.71. The number of likely N-dealkylation sites (tertiary alicyclic amines) is 1. The van der Waals surface area contributed by atoms with Crippen LogP contribution in [0.25, 0.3) is 0 Å². The molecule has 3 rings (SSSR count). The molecule has 8 heteroatoms. The van der Waals surface area contributed by atoms with Gasteiger partial charge in [0.15, 0.2) is 4.77 Å². The molecule has 2 aromatic rings. The summed E-state index contributed by atoms with van der Waals surface area (Å²) >= 11 is 5.10. The monoisotopic (exact) mass is 338 g/mol. The van der Waals surface area contributed by atoms with E-state index in [0.717, 1.165) is 24.0 Å². The fourth-order valence-corrected chi connectivity index (χ4v) is 3.04. The molecule has 0 spiro atoms. The molecule has 1 aromatic carbocycles. The van der Waals surface area contributed by atoms with Gasteiger partial charge in [-0.1, -0.05) is 0 Å². The Kier molecular flexibility index (Phi) is 4.25. The number of hydrogen-bond donors (Lipinski definition) is 1. The van der Waals surface area contributed by atoms with Gasteiger partial charge >= 0.3 is 0 Å². The van der Waals surface area contributed by atoms with Crippen LogP contribution in [0.5, 0.6) is 0 Å². The smallest absolute Gasteiger partial charge is 0.256 e. The highest BCUT2D eigenvalue weighted by Gasteiger charge is 2.28. The minimum absolute atomic E-state index is 0.189. The molecule has 1 amide bonds. The Morgan fingerprint density at radius 3 is 2.65 bits per heavy atom. The van der Waals surface area contributed by atoms with Gasteiger partial charge in [-0.2, -0.15) is 5.10 Å². The third-order valence-electron chi connectivity index (χ3n) is 4.22. The number of nitrogens with zero attached hydrogens (tertiary/aromatic N) is 3. The lowest BCUT2D eigenvalue weighted by atomic mass is 9.95. The van der Waals surface area contributed by atoms with Gasteiger partial charge in [0.05, 0.1) is 5.56 Å². The molecular weight excluding hydrogens is 322 g/mol. The van der Waals surface area contributed by atoms with E-state index in [9.17, 15) is 13.6 Å². The second-order valence-electron chi connectivity index (χ2n) is 5.64. The molecule has 1 aromatic heterocycles. The quantitative estimate of drug-likeness (QED) is 0.857. The molecule has 1 saturated heterocycles. The van der Waals surface area contributed by atoms with E-state index >= 15 is 0 Å². The van der Waals surface area contributed by atoms with Gasteiger partial charge in [0.25, 0.3) is 5.91 Å². The number of piperidine rings is 1. The van der Waals surface area contributed by atoms with Crippen LogP contribution in [0.2, 0.25) is 0 Å². The Morgan fingerprint density at radius 1 is 1.35 bits per heavy atom. The SMILES string of the molecule is Cn1c(C2CCN(C(=O)c3cc(F)ccc3F)CC2)n[nH]c1=S. The van der Waals surface area contributed by atoms with Crippen LogP contribution in [0.1, 0.15) is 34.9 Å². The molecular formula is C15H16F2N4OS. The molecule has 0 saturated carbocycles. The van der Waals surface area contributed by atoms with E-state index in [2.05, 4.69) is 10.2 Å². The number of H-pyrrole nitrogens is 1. The van der Waals surface area contributed by atoms with Crippen LogP contribution in [-0.4, -0.2) is 38.7 Å². The van der Waals surface area contributed by atoms with Crippen LogP contribution in [-0.2, 0) is 7.05 Å². The van der Waals surface area contributed by atoms with E-state index in [-0.39, 0.29) is 11.5 Å². The Labute approximate surface area is 136 Å². The number of rotatable bonds is 2. The Balaban J connectivity index is 1.71. The highest BCUT2D eigenvalue weighted by Crippen LogP contribution is 2.27. The zero-order valence-corrected chi connectivity index (χ0v) is 13.4. The Hall–Kier alpha value is -2.09. The molecule has 0 atom stereocenters. The molecule has 1 aliphatic heterocycles. The van der Waals surface area contributed by atoms with Gasteiger partial charge < -0.3 is 9.47 Å². The fourth-order valence-electron chi connectivity index (χ4n) is 2.90. The van der Waals surface area contributed by atoms with Crippen molar-refractivity contribution >= 4 is 18.1 Å². The highest BCUT2D eigenvalue weighted by atomic mass is 32.1. The van der Waals surface area contributed by atoms with Crippen molar-refractivity contribution in [1.29, 1.82) is 0 Å². The lowest BCUT2D eigenvalue weighted by Gasteiger charge is -2.31. The molecule has 0 radical (unpaired) electrons. The van der Waals surface area contributed by atoms with Gasteiger partial charge in [-0.3, -0.25) is 9.89 Å². The van der Waals surface area contributed by atoms with Gasteiger partial charge in [0.2, 0.25) is 0 Å². The van der Waals surface area contributed by atoms with Crippen molar-refractivity contribution in [3.05, 3.63) is 46.0 Å².